The Hall–Kier alpha value is -1.91. The van der Waals surface area contributed by atoms with Crippen LogP contribution in [0.5, 0.6) is 0 Å². The standard InChI is InChI=1S/C14H19FN2O2/c1-10(18)17(14(2,3)4)9-13(19)16-12-7-5-11(15)6-8-12/h5-8H,9H2,1-4H3,(H,16,19). The van der Waals surface area contributed by atoms with Crippen LogP contribution >= 0.6 is 0 Å². The maximum Gasteiger partial charge on any atom is 0.244 e. The molecule has 1 aromatic rings. The van der Waals surface area contributed by atoms with E-state index in [4.69, 9.17) is 0 Å². The Morgan fingerprint density at radius 2 is 1.74 bits per heavy atom. The maximum atomic E-state index is 12.7. The first-order valence-electron chi connectivity index (χ1n) is 6.04. The summed E-state index contributed by atoms with van der Waals surface area (Å²) in [5.41, 5.74) is 0.0789. The molecule has 1 N–H and O–H groups in total. The second-order valence-electron chi connectivity index (χ2n) is 5.33. The van der Waals surface area contributed by atoms with Crippen molar-refractivity contribution in [3.8, 4) is 0 Å². The molecule has 0 spiro atoms. The molecule has 0 heterocycles. The minimum absolute atomic E-state index is 0.0315. The van der Waals surface area contributed by atoms with Gasteiger partial charge in [0.2, 0.25) is 11.8 Å². The highest BCUT2D eigenvalue weighted by molar-refractivity contribution is 5.94. The van der Waals surface area contributed by atoms with Gasteiger partial charge >= 0.3 is 0 Å². The van der Waals surface area contributed by atoms with E-state index in [2.05, 4.69) is 5.32 Å². The number of amides is 2. The van der Waals surface area contributed by atoms with Crippen LogP contribution in [0.15, 0.2) is 24.3 Å². The van der Waals surface area contributed by atoms with Crippen LogP contribution in [0.2, 0.25) is 0 Å². The lowest BCUT2D eigenvalue weighted by atomic mass is 10.1. The summed E-state index contributed by atoms with van der Waals surface area (Å²) in [6.45, 7) is 6.98. The molecule has 104 valence electrons. The van der Waals surface area contributed by atoms with Crippen LogP contribution in [0.25, 0.3) is 0 Å². The Morgan fingerprint density at radius 3 is 2.16 bits per heavy atom. The SMILES string of the molecule is CC(=O)N(CC(=O)Nc1ccc(F)cc1)C(C)(C)C. The van der Waals surface area contributed by atoms with Crippen molar-refractivity contribution in [1.29, 1.82) is 0 Å². The molecule has 0 saturated heterocycles. The predicted octanol–water partition coefficient (Wildman–Crippen LogP) is 2.41. The zero-order valence-corrected chi connectivity index (χ0v) is 11.7. The first-order chi connectivity index (χ1) is 8.70. The molecule has 1 rings (SSSR count). The van der Waals surface area contributed by atoms with E-state index < -0.39 is 5.54 Å². The van der Waals surface area contributed by atoms with Crippen LogP contribution in [-0.2, 0) is 9.59 Å². The number of rotatable bonds is 3. The van der Waals surface area contributed by atoms with E-state index >= 15 is 0 Å². The van der Waals surface area contributed by atoms with Crippen LogP contribution in [0, 0.1) is 5.82 Å². The predicted molar refractivity (Wildman–Crippen MR) is 72.2 cm³/mol. The number of carbonyl (C=O) groups excluding carboxylic acids is 2. The summed E-state index contributed by atoms with van der Waals surface area (Å²) in [5, 5.41) is 2.63. The van der Waals surface area contributed by atoms with Crippen molar-refractivity contribution in [1.82, 2.24) is 4.90 Å². The van der Waals surface area contributed by atoms with Crippen molar-refractivity contribution in [3.05, 3.63) is 30.1 Å². The van der Waals surface area contributed by atoms with Crippen molar-refractivity contribution in [2.24, 2.45) is 0 Å². The molecular formula is C14H19FN2O2. The lowest BCUT2D eigenvalue weighted by molar-refractivity contribution is -0.137. The van der Waals surface area contributed by atoms with Crippen molar-refractivity contribution >= 4 is 17.5 Å². The third-order valence-corrected chi connectivity index (χ3v) is 2.62. The molecular weight excluding hydrogens is 247 g/mol. The molecule has 0 unspecified atom stereocenters. The number of nitrogens with zero attached hydrogens (tertiary/aromatic N) is 1. The molecule has 0 saturated carbocycles. The number of carbonyl (C=O) groups is 2. The highest BCUT2D eigenvalue weighted by Crippen LogP contribution is 2.14. The van der Waals surface area contributed by atoms with E-state index in [0.717, 1.165) is 0 Å². The lowest BCUT2D eigenvalue weighted by Crippen LogP contribution is -2.48. The van der Waals surface area contributed by atoms with Crippen molar-refractivity contribution in [2.45, 2.75) is 33.2 Å². The Balaban J connectivity index is 2.68. The summed E-state index contributed by atoms with van der Waals surface area (Å²) < 4.78 is 12.7. The quantitative estimate of drug-likeness (QED) is 0.913. The second-order valence-corrected chi connectivity index (χ2v) is 5.33. The van der Waals surface area contributed by atoms with Gasteiger partial charge in [-0.3, -0.25) is 9.59 Å². The van der Waals surface area contributed by atoms with Gasteiger partial charge in [0, 0.05) is 18.2 Å². The Kier molecular flexibility index (Phi) is 4.64. The Labute approximate surface area is 112 Å². The van der Waals surface area contributed by atoms with E-state index in [-0.39, 0.29) is 24.2 Å². The van der Waals surface area contributed by atoms with Gasteiger partial charge in [-0.05, 0) is 45.0 Å². The maximum absolute atomic E-state index is 12.7. The van der Waals surface area contributed by atoms with Gasteiger partial charge in [-0.25, -0.2) is 4.39 Å². The van der Waals surface area contributed by atoms with E-state index in [1.807, 2.05) is 20.8 Å². The molecule has 0 aliphatic carbocycles. The molecule has 0 radical (unpaired) electrons. The van der Waals surface area contributed by atoms with E-state index in [1.165, 1.54) is 36.1 Å². The van der Waals surface area contributed by atoms with Gasteiger partial charge < -0.3 is 10.2 Å². The Bertz CT molecular complexity index is 463. The molecule has 0 aliphatic heterocycles. The van der Waals surface area contributed by atoms with Crippen LogP contribution in [0.3, 0.4) is 0 Å². The minimum Gasteiger partial charge on any atom is -0.329 e. The highest BCUT2D eigenvalue weighted by Gasteiger charge is 2.25. The monoisotopic (exact) mass is 266 g/mol. The molecule has 0 atom stereocenters. The third-order valence-electron chi connectivity index (χ3n) is 2.62. The average Bonchev–Trinajstić information content (AvgIpc) is 2.27. The number of anilines is 1. The molecule has 0 aliphatic rings. The van der Waals surface area contributed by atoms with Crippen LogP contribution in [-0.4, -0.2) is 28.8 Å². The van der Waals surface area contributed by atoms with Gasteiger partial charge in [-0.2, -0.15) is 0 Å². The first kappa shape index (κ1) is 15.1. The van der Waals surface area contributed by atoms with Crippen LogP contribution in [0.4, 0.5) is 10.1 Å². The first-order valence-corrected chi connectivity index (χ1v) is 6.04. The largest absolute Gasteiger partial charge is 0.329 e. The van der Waals surface area contributed by atoms with Gasteiger partial charge in [0.25, 0.3) is 0 Å². The summed E-state index contributed by atoms with van der Waals surface area (Å²) in [7, 11) is 0. The molecule has 1 aromatic carbocycles. The zero-order chi connectivity index (χ0) is 14.6. The summed E-state index contributed by atoms with van der Waals surface area (Å²) >= 11 is 0. The molecule has 0 fully saturated rings. The van der Waals surface area contributed by atoms with Crippen LogP contribution in [0.1, 0.15) is 27.7 Å². The summed E-state index contributed by atoms with van der Waals surface area (Å²) in [6.07, 6.45) is 0. The molecule has 2 amide bonds. The molecule has 0 aromatic heterocycles. The van der Waals surface area contributed by atoms with Crippen molar-refractivity contribution in [3.63, 3.8) is 0 Å². The lowest BCUT2D eigenvalue weighted by Gasteiger charge is -2.34. The fraction of sp³-hybridized carbons (Fsp3) is 0.429. The molecule has 19 heavy (non-hydrogen) atoms. The normalized spacial score (nSPS) is 11.0. The zero-order valence-electron chi connectivity index (χ0n) is 11.7. The van der Waals surface area contributed by atoms with Crippen molar-refractivity contribution in [2.75, 3.05) is 11.9 Å². The molecule has 0 bridgehead atoms. The summed E-state index contributed by atoms with van der Waals surface area (Å²) in [6, 6.07) is 5.48. The van der Waals surface area contributed by atoms with Gasteiger partial charge in [0.05, 0.1) is 0 Å². The van der Waals surface area contributed by atoms with E-state index in [1.54, 1.807) is 0 Å². The number of hydrogen-bond acceptors (Lipinski definition) is 2. The second kappa shape index (κ2) is 5.82. The number of halogens is 1. The fourth-order valence-electron chi connectivity index (χ4n) is 1.70. The van der Waals surface area contributed by atoms with Gasteiger partial charge in [-0.1, -0.05) is 0 Å². The summed E-state index contributed by atoms with van der Waals surface area (Å²) in [5.74, 6) is -0.837. The Morgan fingerprint density at radius 1 is 1.21 bits per heavy atom. The molecule has 5 heteroatoms. The van der Waals surface area contributed by atoms with Crippen molar-refractivity contribution < 1.29 is 14.0 Å². The topological polar surface area (TPSA) is 49.4 Å². The van der Waals surface area contributed by atoms with Crippen LogP contribution < -0.4 is 5.32 Å². The minimum atomic E-state index is -0.425. The van der Waals surface area contributed by atoms with Gasteiger partial charge in [0.1, 0.15) is 12.4 Å². The third kappa shape index (κ3) is 4.69. The molecule has 4 nitrogen and oxygen atoms in total. The summed E-state index contributed by atoms with van der Waals surface area (Å²) in [4.78, 5) is 24.9. The highest BCUT2D eigenvalue weighted by atomic mass is 19.1. The fourth-order valence-corrected chi connectivity index (χ4v) is 1.70. The average molecular weight is 266 g/mol. The van der Waals surface area contributed by atoms with E-state index in [9.17, 15) is 14.0 Å². The van der Waals surface area contributed by atoms with Gasteiger partial charge in [0.15, 0.2) is 0 Å². The smallest absolute Gasteiger partial charge is 0.244 e. The number of nitrogens with one attached hydrogen (secondary N) is 1. The number of benzene rings is 1. The number of hydrogen-bond donors (Lipinski definition) is 1. The van der Waals surface area contributed by atoms with E-state index in [0.29, 0.717) is 5.69 Å². The van der Waals surface area contributed by atoms with Gasteiger partial charge in [-0.15, -0.1) is 0 Å².